The third-order valence-electron chi connectivity index (χ3n) is 5.17. The summed E-state index contributed by atoms with van der Waals surface area (Å²) in [6, 6.07) is 1.30. The van der Waals surface area contributed by atoms with Crippen LogP contribution in [0.4, 0.5) is 0 Å². The first kappa shape index (κ1) is 18.3. The number of hydrogen-bond donors (Lipinski definition) is 1. The molecular weight excluding hydrogens is 344 g/mol. The number of nitrogens with zero attached hydrogens (tertiary/aromatic N) is 1. The van der Waals surface area contributed by atoms with Crippen molar-refractivity contribution in [2.75, 3.05) is 18.1 Å². The topological polar surface area (TPSA) is 90.4 Å². The minimum Gasteiger partial charge on any atom is -0.462 e. The van der Waals surface area contributed by atoms with Crippen LogP contribution in [0.5, 0.6) is 0 Å². The minimum atomic E-state index is -0.491. The fourth-order valence-corrected chi connectivity index (χ4v) is 4.65. The van der Waals surface area contributed by atoms with Crippen LogP contribution in [-0.2, 0) is 14.3 Å². The van der Waals surface area contributed by atoms with Crippen LogP contribution < -0.4 is 11.2 Å². The second-order valence-corrected chi connectivity index (χ2v) is 8.36. The SMILES string of the molecule is CC1CC(n2ccc(=O)[nH]c2=O)OC1COC(=O)C1(C)CCSCC1. The van der Waals surface area contributed by atoms with Crippen LogP contribution in [0.2, 0.25) is 0 Å². The van der Waals surface area contributed by atoms with Crippen LogP contribution in [0, 0.1) is 11.3 Å². The number of nitrogens with one attached hydrogen (secondary N) is 1. The summed E-state index contributed by atoms with van der Waals surface area (Å²) in [5, 5.41) is 0. The van der Waals surface area contributed by atoms with Gasteiger partial charge in [0.25, 0.3) is 5.56 Å². The number of ether oxygens (including phenoxy) is 2. The lowest BCUT2D eigenvalue weighted by Gasteiger charge is -2.31. The van der Waals surface area contributed by atoms with E-state index in [2.05, 4.69) is 4.98 Å². The highest BCUT2D eigenvalue weighted by Gasteiger charge is 2.39. The highest BCUT2D eigenvalue weighted by molar-refractivity contribution is 7.99. The molecule has 8 heteroatoms. The lowest BCUT2D eigenvalue weighted by Crippen LogP contribution is -2.36. The van der Waals surface area contributed by atoms with Gasteiger partial charge in [-0.25, -0.2) is 4.79 Å². The number of H-pyrrole nitrogens is 1. The average molecular weight is 368 g/mol. The second-order valence-electron chi connectivity index (χ2n) is 7.13. The lowest BCUT2D eigenvalue weighted by molar-refractivity contribution is -0.160. The normalized spacial score (nSPS) is 28.6. The van der Waals surface area contributed by atoms with Gasteiger partial charge in [-0.1, -0.05) is 6.92 Å². The Bertz CT molecular complexity index is 737. The van der Waals surface area contributed by atoms with Crippen LogP contribution in [0.1, 0.15) is 39.3 Å². The number of esters is 1. The predicted molar refractivity (Wildman–Crippen MR) is 94.6 cm³/mol. The van der Waals surface area contributed by atoms with Gasteiger partial charge in [0, 0.05) is 12.3 Å². The molecule has 7 nitrogen and oxygen atoms in total. The van der Waals surface area contributed by atoms with Gasteiger partial charge in [0.1, 0.15) is 12.8 Å². The summed E-state index contributed by atoms with van der Waals surface area (Å²) in [6.45, 7) is 4.17. The molecule has 3 unspecified atom stereocenters. The highest BCUT2D eigenvalue weighted by atomic mass is 32.2. The molecule has 138 valence electrons. The van der Waals surface area contributed by atoms with E-state index in [4.69, 9.17) is 9.47 Å². The van der Waals surface area contributed by atoms with Crippen LogP contribution in [0.15, 0.2) is 21.9 Å². The molecule has 0 amide bonds. The Kier molecular flexibility index (Phi) is 5.38. The van der Waals surface area contributed by atoms with Gasteiger partial charge in [-0.3, -0.25) is 19.1 Å². The Morgan fingerprint density at radius 2 is 2.16 bits per heavy atom. The van der Waals surface area contributed by atoms with E-state index in [0.717, 1.165) is 24.3 Å². The van der Waals surface area contributed by atoms with Crippen molar-refractivity contribution in [3.63, 3.8) is 0 Å². The summed E-state index contributed by atoms with van der Waals surface area (Å²) < 4.78 is 12.8. The molecule has 1 aromatic heterocycles. The third kappa shape index (κ3) is 4.00. The van der Waals surface area contributed by atoms with Crippen LogP contribution in [-0.4, -0.2) is 39.7 Å². The molecule has 0 bridgehead atoms. The van der Waals surface area contributed by atoms with Crippen molar-refractivity contribution in [2.24, 2.45) is 11.3 Å². The zero-order valence-electron chi connectivity index (χ0n) is 14.5. The molecule has 0 saturated carbocycles. The molecule has 25 heavy (non-hydrogen) atoms. The molecule has 0 aromatic carbocycles. The second kappa shape index (κ2) is 7.37. The van der Waals surface area contributed by atoms with Crippen molar-refractivity contribution in [2.45, 2.75) is 45.4 Å². The van der Waals surface area contributed by atoms with Crippen LogP contribution >= 0.6 is 11.8 Å². The maximum atomic E-state index is 12.4. The van der Waals surface area contributed by atoms with E-state index in [1.165, 1.54) is 16.8 Å². The first-order valence-corrected chi connectivity index (χ1v) is 9.76. The third-order valence-corrected chi connectivity index (χ3v) is 6.15. The fraction of sp³-hybridized carbons (Fsp3) is 0.706. The maximum Gasteiger partial charge on any atom is 0.330 e. The van der Waals surface area contributed by atoms with E-state index in [1.807, 2.05) is 25.6 Å². The predicted octanol–water partition coefficient (Wildman–Crippen LogP) is 1.54. The molecule has 3 atom stereocenters. The van der Waals surface area contributed by atoms with Crippen molar-refractivity contribution in [3.05, 3.63) is 33.1 Å². The number of aromatic amines is 1. The summed E-state index contributed by atoms with van der Waals surface area (Å²) >= 11 is 1.87. The molecule has 1 N–H and O–H groups in total. The number of thioether (sulfide) groups is 1. The van der Waals surface area contributed by atoms with Gasteiger partial charge in [0.2, 0.25) is 0 Å². The smallest absolute Gasteiger partial charge is 0.330 e. The molecule has 3 heterocycles. The van der Waals surface area contributed by atoms with Gasteiger partial charge in [-0.2, -0.15) is 11.8 Å². The van der Waals surface area contributed by atoms with E-state index >= 15 is 0 Å². The molecule has 2 saturated heterocycles. The van der Waals surface area contributed by atoms with Gasteiger partial charge in [-0.05, 0) is 43.6 Å². The number of rotatable bonds is 4. The lowest BCUT2D eigenvalue weighted by atomic mass is 9.84. The molecule has 1 aromatic rings. The summed E-state index contributed by atoms with van der Waals surface area (Å²) in [4.78, 5) is 37.7. The van der Waals surface area contributed by atoms with Crippen molar-refractivity contribution in [1.29, 1.82) is 0 Å². The van der Waals surface area contributed by atoms with E-state index in [0.29, 0.717) is 6.42 Å². The number of hydrogen-bond acceptors (Lipinski definition) is 6. The first-order valence-electron chi connectivity index (χ1n) is 8.61. The Balaban J connectivity index is 1.59. The molecule has 2 aliphatic heterocycles. The minimum absolute atomic E-state index is 0.145. The average Bonchev–Trinajstić information content (AvgIpc) is 2.94. The van der Waals surface area contributed by atoms with Crippen molar-refractivity contribution >= 4 is 17.7 Å². The van der Waals surface area contributed by atoms with Gasteiger partial charge >= 0.3 is 11.7 Å². The van der Waals surface area contributed by atoms with Gasteiger partial charge in [0.05, 0.1) is 11.5 Å². The van der Waals surface area contributed by atoms with Gasteiger partial charge < -0.3 is 9.47 Å². The Hall–Kier alpha value is -1.54. The Labute approximate surface area is 150 Å². The van der Waals surface area contributed by atoms with E-state index in [-0.39, 0.29) is 24.6 Å². The summed E-state index contributed by atoms with van der Waals surface area (Å²) in [5.41, 5.74) is -1.33. The maximum absolute atomic E-state index is 12.4. The number of carbonyl (C=O) groups excluding carboxylic acids is 1. The van der Waals surface area contributed by atoms with Crippen LogP contribution in [0.3, 0.4) is 0 Å². The van der Waals surface area contributed by atoms with E-state index in [9.17, 15) is 14.4 Å². The Morgan fingerprint density at radius 1 is 1.44 bits per heavy atom. The van der Waals surface area contributed by atoms with Crippen molar-refractivity contribution < 1.29 is 14.3 Å². The zero-order valence-corrected chi connectivity index (χ0v) is 15.3. The quantitative estimate of drug-likeness (QED) is 0.811. The highest BCUT2D eigenvalue weighted by Crippen LogP contribution is 2.37. The van der Waals surface area contributed by atoms with Crippen molar-refractivity contribution in [1.82, 2.24) is 9.55 Å². The molecule has 2 fully saturated rings. The molecular formula is C17H24N2O5S. The summed E-state index contributed by atoms with van der Waals surface area (Å²) in [7, 11) is 0. The van der Waals surface area contributed by atoms with Gasteiger partial charge in [0.15, 0.2) is 0 Å². The molecule has 0 spiro atoms. The summed E-state index contributed by atoms with van der Waals surface area (Å²) in [5.74, 6) is 1.96. The van der Waals surface area contributed by atoms with Crippen molar-refractivity contribution in [3.8, 4) is 0 Å². The van der Waals surface area contributed by atoms with Gasteiger partial charge in [-0.15, -0.1) is 0 Å². The molecule has 2 aliphatic rings. The summed E-state index contributed by atoms with van der Waals surface area (Å²) in [6.07, 6.45) is 3.04. The van der Waals surface area contributed by atoms with E-state index in [1.54, 1.807) is 0 Å². The monoisotopic (exact) mass is 368 g/mol. The standard InChI is InChI=1S/C17H24N2O5S/c1-11-9-14(19-6-3-13(20)18-16(19)22)24-12(11)10-23-15(21)17(2)4-7-25-8-5-17/h3,6,11-12,14H,4-5,7-10H2,1-2H3,(H,18,20,22). The largest absolute Gasteiger partial charge is 0.462 e. The number of carbonyl (C=O) groups is 1. The molecule has 3 rings (SSSR count). The number of aromatic nitrogens is 2. The van der Waals surface area contributed by atoms with E-state index < -0.39 is 22.9 Å². The first-order chi connectivity index (χ1) is 11.9. The molecule has 0 radical (unpaired) electrons. The fourth-order valence-electron chi connectivity index (χ4n) is 3.26. The van der Waals surface area contributed by atoms with Crippen LogP contribution in [0.25, 0.3) is 0 Å². The molecule has 0 aliphatic carbocycles. The Morgan fingerprint density at radius 3 is 2.84 bits per heavy atom. The zero-order chi connectivity index (χ0) is 18.0.